The molecule has 0 bridgehead atoms. The molecule has 2 heterocycles. The number of benzene rings is 2. The second kappa shape index (κ2) is 7.37. The van der Waals surface area contributed by atoms with E-state index in [1.165, 1.54) is 11.1 Å². The molecule has 0 radical (unpaired) electrons. The molecule has 2 aromatic carbocycles. The molecule has 5 heteroatoms. The highest BCUT2D eigenvalue weighted by atomic mass is 16.5. The largest absolute Gasteiger partial charge is 0.356 e. The summed E-state index contributed by atoms with van der Waals surface area (Å²) in [7, 11) is 1.84. The van der Waals surface area contributed by atoms with E-state index < -0.39 is 0 Å². The molecule has 1 aromatic heterocycles. The fourth-order valence-corrected chi connectivity index (χ4v) is 3.54. The first kappa shape index (κ1) is 17.5. The summed E-state index contributed by atoms with van der Waals surface area (Å²) in [4.78, 5) is 13.6. The Hall–Kier alpha value is -2.92. The van der Waals surface area contributed by atoms with E-state index in [0.29, 0.717) is 13.0 Å². The smallest absolute Gasteiger partial charge is 0.227 e. The number of aromatic nitrogens is 1. The molecule has 0 saturated carbocycles. The van der Waals surface area contributed by atoms with E-state index in [9.17, 15) is 4.79 Å². The van der Waals surface area contributed by atoms with Crippen LogP contribution in [-0.4, -0.2) is 18.1 Å². The van der Waals surface area contributed by atoms with E-state index in [2.05, 4.69) is 22.6 Å². The highest BCUT2D eigenvalue weighted by Crippen LogP contribution is 2.28. The molecule has 1 amide bonds. The quantitative estimate of drug-likeness (QED) is 0.750. The Balaban J connectivity index is 1.41. The van der Waals surface area contributed by atoms with Gasteiger partial charge in [-0.25, -0.2) is 0 Å². The Morgan fingerprint density at radius 2 is 1.93 bits per heavy atom. The zero-order valence-electron chi connectivity index (χ0n) is 15.7. The summed E-state index contributed by atoms with van der Waals surface area (Å²) in [6, 6.07) is 16.3. The fraction of sp³-hybridized carbons (Fsp3) is 0.273. The minimum absolute atomic E-state index is 0.184. The van der Waals surface area contributed by atoms with Crippen LogP contribution in [0.5, 0.6) is 0 Å². The lowest BCUT2D eigenvalue weighted by molar-refractivity contribution is -0.118. The minimum atomic E-state index is 0.184. The standard InChI is InChI=1S/C22H23N3O2/c1-15-19(24-27-22(15)17-6-4-3-5-7-17)14-23-13-16-8-10-20-18(12-16)9-11-21(26)25(20)2/h3-8,10,12,23H,9,11,13-14H2,1-2H3. The second-order valence-electron chi connectivity index (χ2n) is 6.97. The van der Waals surface area contributed by atoms with Crippen molar-refractivity contribution in [2.45, 2.75) is 32.9 Å². The number of fused-ring (bicyclic) bond motifs is 1. The highest BCUT2D eigenvalue weighted by molar-refractivity contribution is 5.95. The Morgan fingerprint density at radius 1 is 1.11 bits per heavy atom. The summed E-state index contributed by atoms with van der Waals surface area (Å²) in [5.74, 6) is 1.01. The maximum atomic E-state index is 11.8. The van der Waals surface area contributed by atoms with E-state index in [-0.39, 0.29) is 5.91 Å². The van der Waals surface area contributed by atoms with Crippen molar-refractivity contribution in [2.75, 3.05) is 11.9 Å². The SMILES string of the molecule is Cc1c(CNCc2ccc3c(c2)CCC(=O)N3C)noc1-c1ccccc1. The Bertz CT molecular complexity index is 963. The first-order valence-electron chi connectivity index (χ1n) is 9.23. The van der Waals surface area contributed by atoms with Gasteiger partial charge in [0.2, 0.25) is 5.91 Å². The van der Waals surface area contributed by atoms with E-state index in [1.807, 2.05) is 50.4 Å². The van der Waals surface area contributed by atoms with Crippen molar-refractivity contribution in [1.82, 2.24) is 10.5 Å². The van der Waals surface area contributed by atoms with Gasteiger partial charge in [-0.15, -0.1) is 0 Å². The van der Waals surface area contributed by atoms with Crippen molar-refractivity contribution >= 4 is 11.6 Å². The number of nitrogens with one attached hydrogen (secondary N) is 1. The number of hydrogen-bond acceptors (Lipinski definition) is 4. The van der Waals surface area contributed by atoms with Gasteiger partial charge in [-0.2, -0.15) is 0 Å². The molecule has 138 valence electrons. The van der Waals surface area contributed by atoms with E-state index in [1.54, 1.807) is 4.90 Å². The number of aryl methyl sites for hydroxylation is 1. The zero-order chi connectivity index (χ0) is 18.8. The summed E-state index contributed by atoms with van der Waals surface area (Å²) < 4.78 is 5.55. The molecular weight excluding hydrogens is 338 g/mol. The van der Waals surface area contributed by atoms with Crippen LogP contribution in [0.2, 0.25) is 0 Å². The van der Waals surface area contributed by atoms with Gasteiger partial charge in [0.25, 0.3) is 0 Å². The number of carbonyl (C=O) groups is 1. The van der Waals surface area contributed by atoms with Gasteiger partial charge in [-0.3, -0.25) is 4.79 Å². The van der Waals surface area contributed by atoms with Gasteiger partial charge < -0.3 is 14.7 Å². The summed E-state index contributed by atoms with van der Waals surface area (Å²) in [6.45, 7) is 3.44. The zero-order valence-corrected chi connectivity index (χ0v) is 15.7. The van der Waals surface area contributed by atoms with Gasteiger partial charge in [0.05, 0.1) is 0 Å². The minimum Gasteiger partial charge on any atom is -0.356 e. The normalized spacial score (nSPS) is 13.7. The molecule has 3 aromatic rings. The lowest BCUT2D eigenvalue weighted by Gasteiger charge is -2.26. The number of hydrogen-bond donors (Lipinski definition) is 1. The summed E-state index contributed by atoms with van der Waals surface area (Å²) >= 11 is 0. The molecule has 0 fully saturated rings. The monoisotopic (exact) mass is 361 g/mol. The van der Waals surface area contributed by atoms with Crippen molar-refractivity contribution in [3.63, 3.8) is 0 Å². The van der Waals surface area contributed by atoms with Crippen LogP contribution in [0.3, 0.4) is 0 Å². The number of rotatable bonds is 5. The van der Waals surface area contributed by atoms with Crippen LogP contribution >= 0.6 is 0 Å². The van der Waals surface area contributed by atoms with Gasteiger partial charge in [0, 0.05) is 43.4 Å². The maximum Gasteiger partial charge on any atom is 0.227 e. The van der Waals surface area contributed by atoms with Crippen LogP contribution in [0.15, 0.2) is 53.1 Å². The van der Waals surface area contributed by atoms with Crippen molar-refractivity contribution in [1.29, 1.82) is 0 Å². The Kier molecular flexibility index (Phi) is 4.77. The van der Waals surface area contributed by atoms with Crippen molar-refractivity contribution < 1.29 is 9.32 Å². The average molecular weight is 361 g/mol. The van der Waals surface area contributed by atoms with E-state index in [0.717, 1.165) is 41.2 Å². The molecule has 5 nitrogen and oxygen atoms in total. The third-order valence-corrected chi connectivity index (χ3v) is 5.17. The van der Waals surface area contributed by atoms with Crippen molar-refractivity contribution in [3.8, 4) is 11.3 Å². The molecule has 4 rings (SSSR count). The number of nitrogens with zero attached hydrogens (tertiary/aromatic N) is 2. The van der Waals surface area contributed by atoms with Gasteiger partial charge >= 0.3 is 0 Å². The van der Waals surface area contributed by atoms with Crippen LogP contribution in [0.25, 0.3) is 11.3 Å². The van der Waals surface area contributed by atoms with Crippen LogP contribution in [0, 0.1) is 6.92 Å². The predicted molar refractivity (Wildman–Crippen MR) is 105 cm³/mol. The van der Waals surface area contributed by atoms with Crippen LogP contribution in [0.4, 0.5) is 5.69 Å². The molecule has 0 saturated heterocycles. The first-order chi connectivity index (χ1) is 13.1. The third-order valence-electron chi connectivity index (χ3n) is 5.17. The molecule has 0 aliphatic carbocycles. The Labute approximate surface area is 159 Å². The fourth-order valence-electron chi connectivity index (χ4n) is 3.54. The van der Waals surface area contributed by atoms with Crippen LogP contribution < -0.4 is 10.2 Å². The van der Waals surface area contributed by atoms with Gasteiger partial charge in [-0.1, -0.05) is 47.6 Å². The highest BCUT2D eigenvalue weighted by Gasteiger charge is 2.20. The molecule has 0 unspecified atom stereocenters. The summed E-state index contributed by atoms with van der Waals surface area (Å²) in [6.07, 6.45) is 1.40. The summed E-state index contributed by atoms with van der Waals surface area (Å²) in [5.41, 5.74) is 6.51. The van der Waals surface area contributed by atoms with E-state index in [4.69, 9.17) is 4.52 Å². The van der Waals surface area contributed by atoms with Gasteiger partial charge in [0.15, 0.2) is 5.76 Å². The number of carbonyl (C=O) groups excluding carboxylic acids is 1. The van der Waals surface area contributed by atoms with Crippen LogP contribution in [-0.2, 0) is 24.3 Å². The molecule has 0 atom stereocenters. The topological polar surface area (TPSA) is 58.4 Å². The molecule has 1 aliphatic rings. The third kappa shape index (κ3) is 3.51. The maximum absolute atomic E-state index is 11.8. The van der Waals surface area contributed by atoms with Crippen LogP contribution in [0.1, 0.15) is 28.8 Å². The Morgan fingerprint density at radius 3 is 2.74 bits per heavy atom. The molecular formula is C22H23N3O2. The van der Waals surface area contributed by atoms with Gasteiger partial charge in [0.1, 0.15) is 5.69 Å². The van der Waals surface area contributed by atoms with E-state index >= 15 is 0 Å². The number of anilines is 1. The second-order valence-corrected chi connectivity index (χ2v) is 6.97. The lowest BCUT2D eigenvalue weighted by Crippen LogP contribution is -2.31. The average Bonchev–Trinajstić information content (AvgIpc) is 3.06. The molecule has 1 N–H and O–H groups in total. The predicted octanol–water partition coefficient (Wildman–Crippen LogP) is 3.85. The van der Waals surface area contributed by atoms with Crippen molar-refractivity contribution in [2.24, 2.45) is 0 Å². The first-order valence-corrected chi connectivity index (χ1v) is 9.23. The lowest BCUT2D eigenvalue weighted by atomic mass is 9.99. The summed E-state index contributed by atoms with van der Waals surface area (Å²) in [5, 5.41) is 7.68. The molecule has 1 aliphatic heterocycles. The number of amides is 1. The molecule has 0 spiro atoms. The van der Waals surface area contributed by atoms with Crippen molar-refractivity contribution in [3.05, 3.63) is 70.9 Å². The van der Waals surface area contributed by atoms with Gasteiger partial charge in [-0.05, 0) is 30.5 Å². The molecule has 27 heavy (non-hydrogen) atoms.